The summed E-state index contributed by atoms with van der Waals surface area (Å²) in [5.41, 5.74) is 3.00. The molecule has 3 aromatic rings. The van der Waals surface area contributed by atoms with E-state index in [1.54, 1.807) is 19.2 Å². The third-order valence-corrected chi connectivity index (χ3v) is 5.86. The SMILES string of the molecule is Cc1ccc(CN2c3nnc(-c4ccc(Cl)cc4)n3C3C2C(=O)NC(=O)N3C)cc1. The Bertz CT molecular complexity index is 1140. The molecule has 2 aromatic carbocycles. The second-order valence-corrected chi connectivity index (χ2v) is 8.01. The van der Waals surface area contributed by atoms with E-state index >= 15 is 0 Å². The maximum absolute atomic E-state index is 12.9. The number of carbonyl (C=O) groups excluding carboxylic acids is 2. The van der Waals surface area contributed by atoms with Crippen molar-refractivity contribution < 1.29 is 9.59 Å². The minimum Gasteiger partial charge on any atom is -0.321 e. The number of rotatable bonds is 3. The molecule has 1 saturated heterocycles. The summed E-state index contributed by atoms with van der Waals surface area (Å²) in [6.07, 6.45) is -0.549. The highest BCUT2D eigenvalue weighted by Gasteiger charge is 2.52. The topological polar surface area (TPSA) is 83.4 Å². The van der Waals surface area contributed by atoms with Gasteiger partial charge in [-0.3, -0.25) is 14.7 Å². The van der Waals surface area contributed by atoms with Crippen molar-refractivity contribution in [3.05, 3.63) is 64.7 Å². The van der Waals surface area contributed by atoms with E-state index in [-0.39, 0.29) is 5.91 Å². The molecule has 0 spiro atoms. The summed E-state index contributed by atoms with van der Waals surface area (Å²) < 4.78 is 1.86. The molecule has 2 aliphatic heterocycles. The predicted octanol–water partition coefficient (Wildman–Crippen LogP) is 2.98. The van der Waals surface area contributed by atoms with E-state index in [9.17, 15) is 9.59 Å². The van der Waals surface area contributed by atoms with Crippen molar-refractivity contribution in [1.29, 1.82) is 0 Å². The number of amides is 3. The van der Waals surface area contributed by atoms with E-state index in [1.807, 2.05) is 52.8 Å². The van der Waals surface area contributed by atoms with Crippen LogP contribution in [-0.2, 0) is 11.3 Å². The van der Waals surface area contributed by atoms with E-state index in [1.165, 1.54) is 4.90 Å². The molecule has 30 heavy (non-hydrogen) atoms. The van der Waals surface area contributed by atoms with Crippen molar-refractivity contribution in [3.63, 3.8) is 0 Å². The monoisotopic (exact) mass is 422 g/mol. The highest BCUT2D eigenvalue weighted by atomic mass is 35.5. The fourth-order valence-corrected chi connectivity index (χ4v) is 4.18. The molecule has 1 fully saturated rings. The lowest BCUT2D eigenvalue weighted by Crippen LogP contribution is -2.61. The molecule has 0 radical (unpaired) electrons. The van der Waals surface area contributed by atoms with Crippen LogP contribution in [0.1, 0.15) is 17.3 Å². The Kier molecular flexibility index (Phi) is 4.25. The van der Waals surface area contributed by atoms with Gasteiger partial charge in [-0.2, -0.15) is 0 Å². The zero-order valence-electron chi connectivity index (χ0n) is 16.4. The van der Waals surface area contributed by atoms with Crippen LogP contribution in [0.25, 0.3) is 11.4 Å². The summed E-state index contributed by atoms with van der Waals surface area (Å²) >= 11 is 6.03. The number of aryl methyl sites for hydroxylation is 1. The van der Waals surface area contributed by atoms with Gasteiger partial charge in [0.05, 0.1) is 0 Å². The number of nitrogens with one attached hydrogen (secondary N) is 1. The molecule has 0 aliphatic carbocycles. The van der Waals surface area contributed by atoms with E-state index < -0.39 is 18.2 Å². The summed E-state index contributed by atoms with van der Waals surface area (Å²) in [5, 5.41) is 11.8. The van der Waals surface area contributed by atoms with Crippen LogP contribution in [0.5, 0.6) is 0 Å². The Labute approximate surface area is 178 Å². The van der Waals surface area contributed by atoms with Crippen LogP contribution in [-0.4, -0.2) is 44.7 Å². The Morgan fingerprint density at radius 3 is 2.43 bits per heavy atom. The first kappa shape index (κ1) is 18.6. The summed E-state index contributed by atoms with van der Waals surface area (Å²) in [6, 6.07) is 14.3. The first-order valence-electron chi connectivity index (χ1n) is 9.55. The zero-order chi connectivity index (χ0) is 21.0. The minimum absolute atomic E-state index is 0.345. The zero-order valence-corrected chi connectivity index (χ0v) is 17.2. The lowest BCUT2D eigenvalue weighted by Gasteiger charge is -2.37. The molecular weight excluding hydrogens is 404 g/mol. The second-order valence-electron chi connectivity index (χ2n) is 7.58. The van der Waals surface area contributed by atoms with Crippen LogP contribution in [0.3, 0.4) is 0 Å². The number of anilines is 1. The van der Waals surface area contributed by atoms with E-state index in [4.69, 9.17) is 11.6 Å². The molecular formula is C21H19ClN6O2. The summed E-state index contributed by atoms with van der Waals surface area (Å²) in [7, 11) is 1.67. The quantitative estimate of drug-likeness (QED) is 0.701. The second kappa shape index (κ2) is 6.84. The number of hydrogen-bond acceptors (Lipinski definition) is 5. The first-order valence-corrected chi connectivity index (χ1v) is 9.92. The van der Waals surface area contributed by atoms with Gasteiger partial charge < -0.3 is 9.80 Å². The number of halogens is 1. The molecule has 3 amide bonds. The van der Waals surface area contributed by atoms with E-state index in [2.05, 4.69) is 15.5 Å². The molecule has 8 nitrogen and oxygen atoms in total. The number of likely N-dealkylation sites (N-methyl/N-ethyl adjacent to an activating group) is 1. The van der Waals surface area contributed by atoms with Gasteiger partial charge in [-0.1, -0.05) is 41.4 Å². The van der Waals surface area contributed by atoms with Gasteiger partial charge in [0.1, 0.15) is 6.17 Å². The van der Waals surface area contributed by atoms with Crippen LogP contribution in [0.4, 0.5) is 10.7 Å². The normalized spacial score (nSPS) is 20.2. The summed E-state index contributed by atoms with van der Waals surface area (Å²) in [4.78, 5) is 28.7. The maximum atomic E-state index is 12.9. The first-order chi connectivity index (χ1) is 14.4. The van der Waals surface area contributed by atoms with Crippen molar-refractivity contribution in [1.82, 2.24) is 25.0 Å². The van der Waals surface area contributed by atoms with Crippen LogP contribution < -0.4 is 10.2 Å². The number of hydrogen-bond donors (Lipinski definition) is 1. The lowest BCUT2D eigenvalue weighted by molar-refractivity contribution is -0.124. The molecule has 1 aromatic heterocycles. The largest absolute Gasteiger partial charge is 0.325 e. The van der Waals surface area contributed by atoms with Crippen molar-refractivity contribution in [2.45, 2.75) is 25.7 Å². The number of imide groups is 1. The molecule has 3 heterocycles. The van der Waals surface area contributed by atoms with Gasteiger partial charge in [0.25, 0.3) is 5.91 Å². The summed E-state index contributed by atoms with van der Waals surface area (Å²) in [6.45, 7) is 2.50. The van der Waals surface area contributed by atoms with Crippen molar-refractivity contribution in [2.24, 2.45) is 0 Å². The third-order valence-electron chi connectivity index (χ3n) is 5.61. The number of urea groups is 1. The molecule has 0 saturated carbocycles. The van der Waals surface area contributed by atoms with Crippen LogP contribution in [0.15, 0.2) is 48.5 Å². The Balaban J connectivity index is 1.63. The van der Waals surface area contributed by atoms with Gasteiger partial charge in [0, 0.05) is 24.2 Å². The van der Waals surface area contributed by atoms with Crippen molar-refractivity contribution in [3.8, 4) is 11.4 Å². The predicted molar refractivity (Wildman–Crippen MR) is 112 cm³/mol. The maximum Gasteiger partial charge on any atom is 0.325 e. The molecule has 9 heteroatoms. The number of aromatic nitrogens is 3. The molecule has 1 N–H and O–H groups in total. The Morgan fingerprint density at radius 1 is 1.03 bits per heavy atom. The smallest absolute Gasteiger partial charge is 0.321 e. The van der Waals surface area contributed by atoms with E-state index in [0.29, 0.717) is 23.3 Å². The van der Waals surface area contributed by atoms with E-state index in [0.717, 1.165) is 16.7 Å². The van der Waals surface area contributed by atoms with Gasteiger partial charge in [-0.25, -0.2) is 4.79 Å². The number of benzene rings is 2. The minimum atomic E-state index is -0.606. The highest BCUT2D eigenvalue weighted by molar-refractivity contribution is 6.30. The fourth-order valence-electron chi connectivity index (χ4n) is 4.05. The van der Waals surface area contributed by atoms with Crippen molar-refractivity contribution >= 4 is 29.5 Å². The van der Waals surface area contributed by atoms with Crippen LogP contribution >= 0.6 is 11.6 Å². The number of nitrogens with zero attached hydrogens (tertiary/aromatic N) is 5. The van der Waals surface area contributed by atoms with Crippen molar-refractivity contribution in [2.75, 3.05) is 11.9 Å². The average Bonchev–Trinajstić information content (AvgIpc) is 3.28. The van der Waals surface area contributed by atoms with Crippen LogP contribution in [0, 0.1) is 6.92 Å². The Hall–Kier alpha value is -3.39. The third kappa shape index (κ3) is 2.83. The van der Waals surface area contributed by atoms with Gasteiger partial charge in [-0.05, 0) is 36.8 Å². The standard InChI is InChI=1S/C21H19ClN6O2/c1-12-3-5-13(6-4-12)11-27-16-18(29)23-21(30)26(2)19(16)28-17(24-25-20(27)28)14-7-9-15(22)10-8-14/h3-10,16,19H,11H2,1-2H3,(H,23,29,30). The Morgan fingerprint density at radius 2 is 1.73 bits per heavy atom. The number of carbonyl (C=O) groups is 2. The molecule has 5 rings (SSSR count). The summed E-state index contributed by atoms with van der Waals surface area (Å²) in [5.74, 6) is 0.785. The molecule has 2 aliphatic rings. The lowest BCUT2D eigenvalue weighted by atomic mass is 10.1. The molecule has 2 atom stereocenters. The molecule has 0 bridgehead atoms. The fraction of sp³-hybridized carbons (Fsp3) is 0.238. The van der Waals surface area contributed by atoms with Gasteiger partial charge in [0.15, 0.2) is 11.9 Å². The molecule has 152 valence electrons. The van der Waals surface area contributed by atoms with Gasteiger partial charge >= 0.3 is 6.03 Å². The number of fused-ring (bicyclic) bond motifs is 3. The average molecular weight is 423 g/mol. The highest BCUT2D eigenvalue weighted by Crippen LogP contribution is 2.41. The van der Waals surface area contributed by atoms with Gasteiger partial charge in [-0.15, -0.1) is 10.2 Å². The molecule has 2 unspecified atom stereocenters. The van der Waals surface area contributed by atoms with Crippen LogP contribution in [0.2, 0.25) is 5.02 Å². The van der Waals surface area contributed by atoms with Gasteiger partial charge in [0.2, 0.25) is 5.95 Å².